The topological polar surface area (TPSA) is 94.3 Å². The molecule has 0 saturated carbocycles. The van der Waals surface area contributed by atoms with Gasteiger partial charge < -0.3 is 15.3 Å². The highest BCUT2D eigenvalue weighted by Gasteiger charge is 2.17. The van der Waals surface area contributed by atoms with Gasteiger partial charge in [0.25, 0.3) is 0 Å². The van der Waals surface area contributed by atoms with Crippen LogP contribution < -0.4 is 5.73 Å². The van der Waals surface area contributed by atoms with Gasteiger partial charge in [-0.3, -0.25) is 4.79 Å². The Balaban J connectivity index is 2.42. The Morgan fingerprint density at radius 1 is 1.59 bits per heavy atom. The van der Waals surface area contributed by atoms with Crippen molar-refractivity contribution in [2.24, 2.45) is 0 Å². The van der Waals surface area contributed by atoms with Gasteiger partial charge in [-0.1, -0.05) is 0 Å². The largest absolute Gasteiger partial charge is 0.463 e. The highest BCUT2D eigenvalue weighted by molar-refractivity contribution is 5.90. The Bertz CT molecular complexity index is 502. The fraction of sp³-hybridized carbons (Fsp3) is 0.273. The molecule has 2 aromatic rings. The quantitative estimate of drug-likeness (QED) is 0.751. The number of carbonyl (C=O) groups excluding carboxylic acids is 1. The summed E-state index contributed by atoms with van der Waals surface area (Å²) >= 11 is 0. The number of nitrogens with zero attached hydrogens (tertiary/aromatic N) is 2. The molecule has 0 aliphatic rings. The average molecular weight is 235 g/mol. The molecule has 0 bridgehead atoms. The lowest BCUT2D eigenvalue weighted by molar-refractivity contribution is 0.112. The van der Waals surface area contributed by atoms with Crippen LogP contribution in [0.4, 0.5) is 5.82 Å². The standard InChI is InChI=1S/C11H13N3O3/c12-11-8(7-16)10(9-3-1-6-17-9)13-14(11)4-2-5-15/h1,3,6-7,15H,2,4-5,12H2. The van der Waals surface area contributed by atoms with Crippen molar-refractivity contribution in [2.45, 2.75) is 13.0 Å². The van der Waals surface area contributed by atoms with Gasteiger partial charge in [-0.05, 0) is 18.6 Å². The molecule has 0 unspecified atom stereocenters. The number of rotatable bonds is 5. The molecule has 0 aromatic carbocycles. The van der Waals surface area contributed by atoms with E-state index in [0.29, 0.717) is 42.1 Å². The van der Waals surface area contributed by atoms with Crippen LogP contribution in [0.1, 0.15) is 16.8 Å². The fourth-order valence-corrected chi connectivity index (χ4v) is 1.59. The molecule has 6 heteroatoms. The zero-order valence-corrected chi connectivity index (χ0v) is 9.17. The number of hydrogen-bond donors (Lipinski definition) is 2. The molecule has 0 saturated heterocycles. The first-order chi connectivity index (χ1) is 8.27. The van der Waals surface area contributed by atoms with Crippen LogP contribution in [0.25, 0.3) is 11.5 Å². The molecule has 0 amide bonds. The van der Waals surface area contributed by atoms with Gasteiger partial charge in [0, 0.05) is 13.2 Å². The normalized spacial score (nSPS) is 10.6. The number of aryl methyl sites for hydroxylation is 1. The lowest BCUT2D eigenvalue weighted by atomic mass is 10.2. The molecule has 2 aromatic heterocycles. The summed E-state index contributed by atoms with van der Waals surface area (Å²) < 4.78 is 6.69. The molecule has 0 spiro atoms. The molecule has 0 atom stereocenters. The first kappa shape index (κ1) is 11.4. The monoisotopic (exact) mass is 235 g/mol. The Morgan fingerprint density at radius 3 is 3.00 bits per heavy atom. The SMILES string of the molecule is Nc1c(C=O)c(-c2ccco2)nn1CCCO. The van der Waals surface area contributed by atoms with Crippen molar-refractivity contribution in [1.82, 2.24) is 9.78 Å². The minimum atomic E-state index is 0.0474. The Hall–Kier alpha value is -2.08. The predicted octanol–water partition coefficient (Wildman–Crippen LogP) is 0.920. The second kappa shape index (κ2) is 4.84. The molecule has 0 aliphatic carbocycles. The van der Waals surface area contributed by atoms with Crippen molar-refractivity contribution < 1.29 is 14.3 Å². The third kappa shape index (κ3) is 2.07. The van der Waals surface area contributed by atoms with Crippen LogP contribution in [0.3, 0.4) is 0 Å². The van der Waals surface area contributed by atoms with E-state index < -0.39 is 0 Å². The van der Waals surface area contributed by atoms with E-state index in [4.69, 9.17) is 15.3 Å². The number of aldehydes is 1. The minimum absolute atomic E-state index is 0.0474. The third-order valence-electron chi connectivity index (χ3n) is 2.43. The first-order valence-electron chi connectivity index (χ1n) is 5.24. The second-order valence-electron chi connectivity index (χ2n) is 3.54. The second-order valence-corrected chi connectivity index (χ2v) is 3.54. The number of nitrogen functional groups attached to an aromatic ring is 1. The van der Waals surface area contributed by atoms with Gasteiger partial charge in [-0.2, -0.15) is 5.10 Å². The van der Waals surface area contributed by atoms with Crippen molar-refractivity contribution in [3.05, 3.63) is 24.0 Å². The van der Waals surface area contributed by atoms with E-state index in [2.05, 4.69) is 5.10 Å². The summed E-state index contributed by atoms with van der Waals surface area (Å²) in [6, 6.07) is 3.43. The van der Waals surface area contributed by atoms with Crippen LogP contribution in [0, 0.1) is 0 Å². The number of hydrogen-bond acceptors (Lipinski definition) is 5. The van der Waals surface area contributed by atoms with Crippen molar-refractivity contribution in [2.75, 3.05) is 12.3 Å². The minimum Gasteiger partial charge on any atom is -0.463 e. The van der Waals surface area contributed by atoms with E-state index in [0.717, 1.165) is 0 Å². The van der Waals surface area contributed by atoms with Gasteiger partial charge >= 0.3 is 0 Å². The van der Waals surface area contributed by atoms with Gasteiger partial charge in [-0.15, -0.1) is 0 Å². The Labute approximate surface area is 97.6 Å². The van der Waals surface area contributed by atoms with E-state index in [1.807, 2.05) is 0 Å². The number of aliphatic hydroxyl groups is 1. The highest BCUT2D eigenvalue weighted by Crippen LogP contribution is 2.26. The van der Waals surface area contributed by atoms with Crippen LogP contribution in [-0.4, -0.2) is 27.8 Å². The number of aromatic nitrogens is 2. The number of carbonyl (C=O) groups is 1. The van der Waals surface area contributed by atoms with Crippen LogP contribution >= 0.6 is 0 Å². The third-order valence-corrected chi connectivity index (χ3v) is 2.43. The summed E-state index contributed by atoms with van der Waals surface area (Å²) in [4.78, 5) is 11.0. The maximum Gasteiger partial charge on any atom is 0.156 e. The highest BCUT2D eigenvalue weighted by atomic mass is 16.3. The molecule has 3 N–H and O–H groups in total. The van der Waals surface area contributed by atoms with Gasteiger partial charge in [0.05, 0.1) is 11.8 Å². The first-order valence-corrected chi connectivity index (χ1v) is 5.24. The van der Waals surface area contributed by atoms with Crippen molar-refractivity contribution in [3.8, 4) is 11.5 Å². The van der Waals surface area contributed by atoms with E-state index in [1.165, 1.54) is 10.9 Å². The van der Waals surface area contributed by atoms with Gasteiger partial charge in [0.15, 0.2) is 12.0 Å². The van der Waals surface area contributed by atoms with Crippen LogP contribution in [0.15, 0.2) is 22.8 Å². The van der Waals surface area contributed by atoms with E-state index >= 15 is 0 Å². The molecular formula is C11H13N3O3. The Morgan fingerprint density at radius 2 is 2.41 bits per heavy atom. The fourth-order valence-electron chi connectivity index (χ4n) is 1.59. The lowest BCUT2D eigenvalue weighted by Crippen LogP contribution is -2.06. The summed E-state index contributed by atoms with van der Waals surface area (Å²) in [6.07, 6.45) is 2.70. The molecule has 90 valence electrons. The molecule has 2 heterocycles. The molecule has 0 radical (unpaired) electrons. The number of aliphatic hydroxyl groups excluding tert-OH is 1. The van der Waals surface area contributed by atoms with Crippen LogP contribution in [-0.2, 0) is 6.54 Å². The van der Waals surface area contributed by atoms with Gasteiger partial charge in [0.2, 0.25) is 0 Å². The number of nitrogens with two attached hydrogens (primary N) is 1. The van der Waals surface area contributed by atoms with Gasteiger partial charge in [-0.25, -0.2) is 4.68 Å². The maximum absolute atomic E-state index is 11.0. The Kier molecular flexibility index (Phi) is 3.24. The van der Waals surface area contributed by atoms with E-state index in [-0.39, 0.29) is 6.61 Å². The van der Waals surface area contributed by atoms with E-state index in [9.17, 15) is 4.79 Å². The zero-order chi connectivity index (χ0) is 12.3. The van der Waals surface area contributed by atoms with Crippen molar-refractivity contribution in [1.29, 1.82) is 0 Å². The van der Waals surface area contributed by atoms with Crippen LogP contribution in [0.5, 0.6) is 0 Å². The number of anilines is 1. The van der Waals surface area contributed by atoms with Crippen molar-refractivity contribution >= 4 is 12.1 Å². The predicted molar refractivity (Wildman–Crippen MR) is 61.4 cm³/mol. The molecule has 6 nitrogen and oxygen atoms in total. The maximum atomic E-state index is 11.0. The molecule has 17 heavy (non-hydrogen) atoms. The average Bonchev–Trinajstić information content (AvgIpc) is 2.94. The molecular weight excluding hydrogens is 222 g/mol. The van der Waals surface area contributed by atoms with E-state index in [1.54, 1.807) is 12.1 Å². The smallest absolute Gasteiger partial charge is 0.156 e. The van der Waals surface area contributed by atoms with Crippen LogP contribution in [0.2, 0.25) is 0 Å². The molecule has 2 rings (SSSR count). The number of furan rings is 1. The van der Waals surface area contributed by atoms with Crippen molar-refractivity contribution in [3.63, 3.8) is 0 Å². The molecule has 0 fully saturated rings. The summed E-state index contributed by atoms with van der Waals surface area (Å²) in [5.41, 5.74) is 6.56. The molecule has 0 aliphatic heterocycles. The summed E-state index contributed by atoms with van der Waals surface area (Å²) in [7, 11) is 0. The summed E-state index contributed by atoms with van der Waals surface area (Å²) in [6.45, 7) is 0.510. The zero-order valence-electron chi connectivity index (χ0n) is 9.17. The lowest BCUT2D eigenvalue weighted by Gasteiger charge is -2.00. The van der Waals surface area contributed by atoms with Gasteiger partial charge in [0.1, 0.15) is 11.5 Å². The summed E-state index contributed by atoms with van der Waals surface area (Å²) in [5, 5.41) is 13.0. The summed E-state index contributed by atoms with van der Waals surface area (Å²) in [5.74, 6) is 0.793.